The molecule has 1 amide bonds. The van der Waals surface area contributed by atoms with Gasteiger partial charge in [-0.3, -0.25) is 4.79 Å². The molecule has 9 nitrogen and oxygen atoms in total. The lowest BCUT2D eigenvalue weighted by Crippen LogP contribution is -2.31. The topological polar surface area (TPSA) is 116 Å². The van der Waals surface area contributed by atoms with Crippen LogP contribution >= 0.6 is 0 Å². The summed E-state index contributed by atoms with van der Waals surface area (Å²) in [5.74, 6) is -0.403. The number of amides is 1. The summed E-state index contributed by atoms with van der Waals surface area (Å²) in [6, 6.07) is 5.12. The largest absolute Gasteiger partial charge is 0.486 e. The Morgan fingerprint density at radius 1 is 1.06 bits per heavy atom. The van der Waals surface area contributed by atoms with Crippen LogP contribution in [0.2, 0.25) is 0 Å². The predicted octanol–water partition coefficient (Wildman–Crippen LogP) is 3.00. The molecule has 0 radical (unpaired) electrons. The third-order valence-electron chi connectivity index (χ3n) is 4.97. The maximum atomic E-state index is 12.5. The number of ether oxygens (including phenoxy) is 4. The fourth-order valence-electron chi connectivity index (χ4n) is 3.43. The number of aromatic nitrogens is 1. The van der Waals surface area contributed by atoms with Crippen molar-refractivity contribution in [3.63, 3.8) is 0 Å². The van der Waals surface area contributed by atoms with Crippen LogP contribution in [0.25, 0.3) is 0 Å². The smallest absolute Gasteiger partial charge is 0.355 e. The zero-order valence-corrected chi connectivity index (χ0v) is 18.9. The number of aryl methyl sites for hydroxylation is 1. The molecule has 0 unspecified atom stereocenters. The summed E-state index contributed by atoms with van der Waals surface area (Å²) in [5.41, 5.74) is 2.16. The molecule has 3 rings (SSSR count). The van der Waals surface area contributed by atoms with Crippen LogP contribution in [-0.2, 0) is 14.3 Å². The van der Waals surface area contributed by atoms with Gasteiger partial charge in [0, 0.05) is 5.69 Å². The Morgan fingerprint density at radius 2 is 1.75 bits per heavy atom. The first-order chi connectivity index (χ1) is 15.2. The van der Waals surface area contributed by atoms with Crippen molar-refractivity contribution < 1.29 is 33.3 Å². The SMILES string of the molecule is Cc1[nH]c(C(=O)OCC(=O)N[C@H](C)c2ccc3c(c2)OCCO3)c(C)c1C(=O)OC(C)C. The van der Waals surface area contributed by atoms with Crippen LogP contribution in [0.1, 0.15) is 64.5 Å². The molecular formula is C23H28N2O7. The number of fused-ring (bicyclic) bond motifs is 1. The lowest BCUT2D eigenvalue weighted by molar-refractivity contribution is -0.124. The summed E-state index contributed by atoms with van der Waals surface area (Å²) >= 11 is 0. The van der Waals surface area contributed by atoms with E-state index in [-0.39, 0.29) is 17.8 Å². The number of rotatable bonds is 7. The lowest BCUT2D eigenvalue weighted by atomic mass is 10.1. The molecule has 1 atom stereocenters. The van der Waals surface area contributed by atoms with Gasteiger partial charge in [-0.1, -0.05) is 6.07 Å². The molecule has 1 aliphatic rings. The molecule has 0 spiro atoms. The second-order valence-electron chi connectivity index (χ2n) is 7.85. The zero-order chi connectivity index (χ0) is 23.4. The van der Waals surface area contributed by atoms with E-state index in [4.69, 9.17) is 18.9 Å². The summed E-state index contributed by atoms with van der Waals surface area (Å²) in [4.78, 5) is 39.9. The number of aromatic amines is 1. The highest BCUT2D eigenvalue weighted by Crippen LogP contribution is 2.32. The van der Waals surface area contributed by atoms with Crippen LogP contribution in [0.4, 0.5) is 0 Å². The number of carbonyl (C=O) groups is 3. The van der Waals surface area contributed by atoms with Gasteiger partial charge in [0.15, 0.2) is 18.1 Å². The van der Waals surface area contributed by atoms with E-state index in [2.05, 4.69) is 10.3 Å². The first kappa shape index (κ1) is 23.2. The summed E-state index contributed by atoms with van der Waals surface area (Å²) in [5, 5.41) is 2.78. The van der Waals surface area contributed by atoms with Crippen molar-refractivity contribution in [2.24, 2.45) is 0 Å². The Balaban J connectivity index is 1.58. The third-order valence-corrected chi connectivity index (χ3v) is 4.97. The fraction of sp³-hybridized carbons (Fsp3) is 0.435. The van der Waals surface area contributed by atoms with Gasteiger partial charge in [-0.15, -0.1) is 0 Å². The Hall–Kier alpha value is -3.49. The number of hydrogen-bond acceptors (Lipinski definition) is 7. The Kier molecular flexibility index (Phi) is 7.07. The lowest BCUT2D eigenvalue weighted by Gasteiger charge is -2.21. The number of nitrogens with one attached hydrogen (secondary N) is 2. The number of benzene rings is 1. The number of esters is 2. The highest BCUT2D eigenvalue weighted by atomic mass is 16.6. The first-order valence-electron chi connectivity index (χ1n) is 10.4. The number of hydrogen-bond donors (Lipinski definition) is 2. The van der Waals surface area contributed by atoms with Gasteiger partial charge in [-0.05, 0) is 57.9 Å². The summed E-state index contributed by atoms with van der Waals surface area (Å²) in [7, 11) is 0. The van der Waals surface area contributed by atoms with Gasteiger partial charge in [-0.2, -0.15) is 0 Å². The van der Waals surface area contributed by atoms with Crippen LogP contribution in [0.3, 0.4) is 0 Å². The van der Waals surface area contributed by atoms with Crippen molar-refractivity contribution in [1.29, 1.82) is 0 Å². The number of H-pyrrole nitrogens is 1. The average molecular weight is 444 g/mol. The molecule has 0 aliphatic carbocycles. The molecule has 9 heteroatoms. The molecule has 1 aromatic heterocycles. The van der Waals surface area contributed by atoms with E-state index in [1.54, 1.807) is 33.8 Å². The monoisotopic (exact) mass is 444 g/mol. The molecule has 0 saturated carbocycles. The highest BCUT2D eigenvalue weighted by molar-refractivity contribution is 5.99. The summed E-state index contributed by atoms with van der Waals surface area (Å²) < 4.78 is 21.4. The minimum atomic E-state index is -0.726. The standard InChI is InChI=1S/C23H28N2O7/c1-12(2)32-22(27)20-13(3)21(25-15(20)5)23(28)31-11-19(26)24-14(4)16-6-7-17-18(10-16)30-9-8-29-17/h6-7,10,12,14,25H,8-9,11H2,1-5H3,(H,24,26)/t14-/m1/s1. The third kappa shape index (κ3) is 5.22. The first-order valence-corrected chi connectivity index (χ1v) is 10.4. The zero-order valence-electron chi connectivity index (χ0n) is 18.9. The summed E-state index contributed by atoms with van der Waals surface area (Å²) in [6.45, 7) is 9.12. The van der Waals surface area contributed by atoms with Crippen LogP contribution in [0, 0.1) is 13.8 Å². The summed E-state index contributed by atoms with van der Waals surface area (Å²) in [6.07, 6.45) is -0.286. The quantitative estimate of drug-likeness (QED) is 0.631. The van der Waals surface area contributed by atoms with Crippen LogP contribution in [0.15, 0.2) is 18.2 Å². The second kappa shape index (κ2) is 9.76. The van der Waals surface area contributed by atoms with Gasteiger partial charge in [0.1, 0.15) is 18.9 Å². The van der Waals surface area contributed by atoms with Crippen LogP contribution in [0.5, 0.6) is 11.5 Å². The highest BCUT2D eigenvalue weighted by Gasteiger charge is 2.25. The molecule has 0 saturated heterocycles. The van der Waals surface area contributed by atoms with Crippen molar-refractivity contribution >= 4 is 17.8 Å². The van der Waals surface area contributed by atoms with Crippen molar-refractivity contribution in [1.82, 2.24) is 10.3 Å². The van der Waals surface area contributed by atoms with E-state index in [0.717, 1.165) is 5.56 Å². The van der Waals surface area contributed by atoms with Gasteiger partial charge >= 0.3 is 11.9 Å². The molecule has 1 aliphatic heterocycles. The van der Waals surface area contributed by atoms with Crippen LogP contribution < -0.4 is 14.8 Å². The van der Waals surface area contributed by atoms with E-state index in [9.17, 15) is 14.4 Å². The van der Waals surface area contributed by atoms with Gasteiger partial charge in [0.2, 0.25) is 0 Å². The van der Waals surface area contributed by atoms with Crippen molar-refractivity contribution in [2.45, 2.75) is 46.8 Å². The molecular weight excluding hydrogens is 416 g/mol. The van der Waals surface area contributed by atoms with Crippen molar-refractivity contribution in [3.8, 4) is 11.5 Å². The maximum absolute atomic E-state index is 12.5. The molecule has 2 heterocycles. The Labute approximate surface area is 186 Å². The van der Waals surface area contributed by atoms with E-state index in [1.807, 2.05) is 19.1 Å². The molecule has 2 aromatic rings. The normalized spacial score (nSPS) is 13.4. The molecule has 1 aromatic carbocycles. The maximum Gasteiger partial charge on any atom is 0.355 e. The predicted molar refractivity (Wildman–Crippen MR) is 115 cm³/mol. The molecule has 172 valence electrons. The van der Waals surface area contributed by atoms with Crippen molar-refractivity contribution in [2.75, 3.05) is 19.8 Å². The minimum Gasteiger partial charge on any atom is -0.486 e. The van der Waals surface area contributed by atoms with E-state index in [0.29, 0.717) is 41.5 Å². The Bertz CT molecular complexity index is 1030. The second-order valence-corrected chi connectivity index (χ2v) is 7.85. The Morgan fingerprint density at radius 3 is 2.44 bits per heavy atom. The molecule has 32 heavy (non-hydrogen) atoms. The fourth-order valence-corrected chi connectivity index (χ4v) is 3.43. The number of carbonyl (C=O) groups excluding carboxylic acids is 3. The van der Waals surface area contributed by atoms with E-state index < -0.39 is 24.5 Å². The van der Waals surface area contributed by atoms with Gasteiger partial charge in [-0.25, -0.2) is 9.59 Å². The molecule has 0 fully saturated rings. The van der Waals surface area contributed by atoms with Crippen LogP contribution in [-0.4, -0.2) is 48.8 Å². The van der Waals surface area contributed by atoms with Gasteiger partial charge in [0.25, 0.3) is 5.91 Å². The van der Waals surface area contributed by atoms with E-state index >= 15 is 0 Å². The van der Waals surface area contributed by atoms with E-state index in [1.165, 1.54) is 0 Å². The average Bonchev–Trinajstić information content (AvgIpc) is 3.05. The van der Waals surface area contributed by atoms with Crippen molar-refractivity contribution in [3.05, 3.63) is 46.3 Å². The minimum absolute atomic E-state index is 0.117. The molecule has 2 N–H and O–H groups in total. The van der Waals surface area contributed by atoms with Gasteiger partial charge < -0.3 is 29.2 Å². The molecule has 0 bridgehead atoms. The van der Waals surface area contributed by atoms with Gasteiger partial charge in [0.05, 0.1) is 17.7 Å².